The number of halogens is 3. The van der Waals surface area contributed by atoms with Gasteiger partial charge in [-0.05, 0) is 58.7 Å². The molecule has 0 bridgehead atoms. The van der Waals surface area contributed by atoms with Crippen molar-refractivity contribution >= 4 is 62.8 Å². The predicted octanol–water partition coefficient (Wildman–Crippen LogP) is 4.34. The van der Waals surface area contributed by atoms with Crippen molar-refractivity contribution in [3.8, 4) is 11.5 Å². The van der Waals surface area contributed by atoms with Crippen LogP contribution in [-0.4, -0.2) is 29.7 Å². The van der Waals surface area contributed by atoms with Gasteiger partial charge in [0.2, 0.25) is 11.8 Å². The summed E-state index contributed by atoms with van der Waals surface area (Å²) in [5.41, 5.74) is 3.26. The van der Waals surface area contributed by atoms with Gasteiger partial charge in [-0.1, -0.05) is 23.2 Å². The quantitative estimate of drug-likeness (QED) is 0.306. The summed E-state index contributed by atoms with van der Waals surface area (Å²) in [5.74, 6) is -0.874. The van der Waals surface area contributed by atoms with Gasteiger partial charge in [-0.2, -0.15) is 5.10 Å². The highest BCUT2D eigenvalue weighted by atomic mass is 79.9. The first kappa shape index (κ1) is 22.0. The van der Waals surface area contributed by atoms with E-state index in [1.54, 1.807) is 25.1 Å². The van der Waals surface area contributed by atoms with Crippen LogP contribution in [0.1, 0.15) is 18.9 Å². The fraction of sp³-hybridized carbons (Fsp3) is 0.167. The van der Waals surface area contributed by atoms with Gasteiger partial charge < -0.3 is 15.2 Å². The fourth-order valence-electron chi connectivity index (χ4n) is 2.08. The molecule has 2 rings (SSSR count). The summed E-state index contributed by atoms with van der Waals surface area (Å²) in [5, 5.41) is 16.9. The van der Waals surface area contributed by atoms with E-state index in [1.165, 1.54) is 18.3 Å². The molecule has 7 nitrogen and oxygen atoms in total. The Balaban J connectivity index is 1.91. The predicted molar refractivity (Wildman–Crippen MR) is 112 cm³/mol. The Hall–Kier alpha value is -2.29. The lowest BCUT2D eigenvalue weighted by molar-refractivity contribution is -0.126. The summed E-state index contributed by atoms with van der Waals surface area (Å²) in [4.78, 5) is 23.7. The summed E-state index contributed by atoms with van der Waals surface area (Å²) in [6.45, 7) is 2.17. The maximum Gasteiger partial charge on any atom is 0.249 e. The molecule has 10 heteroatoms. The van der Waals surface area contributed by atoms with Gasteiger partial charge in [-0.15, -0.1) is 0 Å². The van der Waals surface area contributed by atoms with Gasteiger partial charge in [-0.25, -0.2) is 5.43 Å². The molecule has 0 atom stereocenters. The van der Waals surface area contributed by atoms with Gasteiger partial charge in [0, 0.05) is 5.69 Å². The number of benzene rings is 2. The van der Waals surface area contributed by atoms with Crippen molar-refractivity contribution in [2.45, 2.75) is 13.3 Å². The molecule has 28 heavy (non-hydrogen) atoms. The lowest BCUT2D eigenvalue weighted by Gasteiger charge is -2.08. The molecule has 0 unspecified atom stereocenters. The first-order valence-corrected chi connectivity index (χ1v) is 9.57. The Morgan fingerprint density at radius 2 is 1.96 bits per heavy atom. The van der Waals surface area contributed by atoms with Crippen LogP contribution in [0.5, 0.6) is 11.5 Å². The van der Waals surface area contributed by atoms with E-state index >= 15 is 0 Å². The molecular weight excluding hydrogens is 473 g/mol. The van der Waals surface area contributed by atoms with Crippen molar-refractivity contribution in [1.82, 2.24) is 5.43 Å². The van der Waals surface area contributed by atoms with Gasteiger partial charge in [-0.3, -0.25) is 9.59 Å². The van der Waals surface area contributed by atoms with Gasteiger partial charge >= 0.3 is 0 Å². The SMILES string of the molecule is CCOc1cc(C=NNC(=O)CC(=O)Nc2ccc(Cl)c(Cl)c2)cc(Br)c1O. The molecule has 3 N–H and O–H groups in total. The van der Waals surface area contributed by atoms with Crippen molar-refractivity contribution < 1.29 is 19.4 Å². The van der Waals surface area contributed by atoms with Crippen molar-refractivity contribution in [2.24, 2.45) is 5.10 Å². The minimum Gasteiger partial charge on any atom is -0.503 e. The Morgan fingerprint density at radius 1 is 1.21 bits per heavy atom. The van der Waals surface area contributed by atoms with Crippen LogP contribution in [0.4, 0.5) is 5.69 Å². The number of phenols is 1. The van der Waals surface area contributed by atoms with Crippen LogP contribution in [0.3, 0.4) is 0 Å². The molecule has 0 aliphatic carbocycles. The molecular formula is C18H16BrCl2N3O4. The number of nitrogens with zero attached hydrogens (tertiary/aromatic N) is 1. The van der Waals surface area contributed by atoms with Gasteiger partial charge in [0.25, 0.3) is 0 Å². The van der Waals surface area contributed by atoms with Crippen LogP contribution in [0.2, 0.25) is 10.0 Å². The van der Waals surface area contributed by atoms with Crippen LogP contribution in [0, 0.1) is 0 Å². The molecule has 2 aromatic rings. The number of hydrazone groups is 1. The second-order valence-corrected chi connectivity index (χ2v) is 7.10. The van der Waals surface area contributed by atoms with Gasteiger partial charge in [0.15, 0.2) is 11.5 Å². The molecule has 2 aromatic carbocycles. The van der Waals surface area contributed by atoms with Crippen molar-refractivity contribution in [3.05, 3.63) is 50.4 Å². The van der Waals surface area contributed by atoms with Gasteiger partial charge in [0.1, 0.15) is 6.42 Å². The third kappa shape index (κ3) is 6.40. The highest BCUT2D eigenvalue weighted by Crippen LogP contribution is 2.35. The molecule has 148 valence electrons. The highest BCUT2D eigenvalue weighted by Gasteiger charge is 2.11. The van der Waals surface area contributed by atoms with Crippen molar-refractivity contribution in [3.63, 3.8) is 0 Å². The normalized spacial score (nSPS) is 10.7. The maximum absolute atomic E-state index is 11.9. The summed E-state index contributed by atoms with van der Waals surface area (Å²) in [6.07, 6.45) is 0.933. The average molecular weight is 489 g/mol. The molecule has 0 aliphatic rings. The molecule has 0 fully saturated rings. The van der Waals surface area contributed by atoms with Gasteiger partial charge in [0.05, 0.1) is 27.3 Å². The van der Waals surface area contributed by atoms with E-state index in [9.17, 15) is 14.7 Å². The van der Waals surface area contributed by atoms with E-state index in [-0.39, 0.29) is 11.5 Å². The largest absolute Gasteiger partial charge is 0.503 e. The van der Waals surface area contributed by atoms with Crippen LogP contribution < -0.4 is 15.5 Å². The van der Waals surface area contributed by atoms with Crippen molar-refractivity contribution in [2.75, 3.05) is 11.9 Å². The molecule has 0 saturated carbocycles. The number of amides is 2. The Labute approximate surface area is 179 Å². The fourth-order valence-corrected chi connectivity index (χ4v) is 2.83. The van der Waals surface area contributed by atoms with Crippen LogP contribution in [0.15, 0.2) is 39.9 Å². The van der Waals surface area contributed by atoms with Crippen LogP contribution >= 0.6 is 39.1 Å². The minimum absolute atomic E-state index is 0.0259. The number of nitrogens with one attached hydrogen (secondary N) is 2. The molecule has 0 radical (unpaired) electrons. The Bertz CT molecular complexity index is 922. The zero-order valence-corrected chi connectivity index (χ0v) is 17.7. The minimum atomic E-state index is -0.600. The van der Waals surface area contributed by atoms with Crippen LogP contribution in [-0.2, 0) is 9.59 Å². The van der Waals surface area contributed by atoms with Crippen LogP contribution in [0.25, 0.3) is 0 Å². The topological polar surface area (TPSA) is 100 Å². The number of anilines is 1. The Kier molecular flexibility index (Phi) is 8.10. The number of ether oxygens (including phenoxy) is 1. The highest BCUT2D eigenvalue weighted by molar-refractivity contribution is 9.10. The molecule has 0 spiro atoms. The number of hydrogen-bond acceptors (Lipinski definition) is 5. The van der Waals surface area contributed by atoms with E-state index in [2.05, 4.69) is 31.8 Å². The second kappa shape index (κ2) is 10.3. The number of carbonyl (C=O) groups excluding carboxylic acids is 2. The standard InChI is InChI=1S/C18H16BrCl2N3O4/c1-2-28-15-6-10(5-12(19)18(15)27)9-22-24-17(26)8-16(25)23-11-3-4-13(20)14(21)7-11/h3-7,9,27H,2,8H2,1H3,(H,23,25)(H,24,26). The maximum atomic E-state index is 11.9. The molecule has 0 aliphatic heterocycles. The number of carbonyl (C=O) groups is 2. The van der Waals surface area contributed by atoms with E-state index < -0.39 is 18.2 Å². The lowest BCUT2D eigenvalue weighted by Crippen LogP contribution is -2.24. The number of rotatable bonds is 7. The summed E-state index contributed by atoms with van der Waals surface area (Å²) in [6, 6.07) is 7.76. The summed E-state index contributed by atoms with van der Waals surface area (Å²) in [7, 11) is 0. The first-order chi connectivity index (χ1) is 13.3. The Morgan fingerprint density at radius 3 is 2.64 bits per heavy atom. The molecule has 2 amide bonds. The lowest BCUT2D eigenvalue weighted by atomic mass is 10.2. The van der Waals surface area contributed by atoms with Crippen molar-refractivity contribution in [1.29, 1.82) is 0 Å². The van der Waals surface area contributed by atoms with E-state index in [0.717, 1.165) is 0 Å². The summed E-state index contributed by atoms with van der Waals surface area (Å²) >= 11 is 14.9. The first-order valence-electron chi connectivity index (χ1n) is 8.02. The zero-order valence-electron chi connectivity index (χ0n) is 14.6. The number of aromatic hydroxyl groups is 1. The van der Waals surface area contributed by atoms with E-state index in [1.807, 2.05) is 0 Å². The monoisotopic (exact) mass is 487 g/mol. The van der Waals surface area contributed by atoms with E-state index in [4.69, 9.17) is 27.9 Å². The molecule has 0 saturated heterocycles. The molecule has 0 heterocycles. The number of hydrogen-bond donors (Lipinski definition) is 3. The number of phenolic OH excluding ortho intramolecular Hbond substituents is 1. The smallest absolute Gasteiger partial charge is 0.249 e. The third-order valence-electron chi connectivity index (χ3n) is 3.28. The second-order valence-electron chi connectivity index (χ2n) is 5.43. The zero-order chi connectivity index (χ0) is 20.7. The molecule has 0 aromatic heterocycles. The summed E-state index contributed by atoms with van der Waals surface area (Å²) < 4.78 is 5.73. The average Bonchev–Trinajstić information content (AvgIpc) is 2.62. The van der Waals surface area contributed by atoms with E-state index in [0.29, 0.717) is 32.4 Å². The third-order valence-corrected chi connectivity index (χ3v) is 4.62.